The zero-order valence-electron chi connectivity index (χ0n) is 5.92. The zero-order valence-corrected chi connectivity index (χ0v) is 6.73. The summed E-state index contributed by atoms with van der Waals surface area (Å²) in [4.78, 5) is 0. The van der Waals surface area contributed by atoms with E-state index in [1.807, 2.05) is 0 Å². The lowest BCUT2D eigenvalue weighted by atomic mass is 10.0. The van der Waals surface area contributed by atoms with Gasteiger partial charge in [-0.25, -0.2) is 0 Å². The van der Waals surface area contributed by atoms with E-state index in [-0.39, 0.29) is 18.5 Å². The van der Waals surface area contributed by atoms with Crippen molar-refractivity contribution in [3.8, 4) is 0 Å². The molecule has 0 bridgehead atoms. The van der Waals surface area contributed by atoms with Gasteiger partial charge >= 0.3 is 0 Å². The Bertz CT molecular complexity index is 108. The van der Waals surface area contributed by atoms with E-state index in [0.29, 0.717) is 0 Å². The third-order valence-electron chi connectivity index (χ3n) is 2.63. The molecule has 1 aliphatic heterocycles. The van der Waals surface area contributed by atoms with Gasteiger partial charge in [0, 0.05) is 0 Å². The van der Waals surface area contributed by atoms with Gasteiger partial charge in [-0.1, -0.05) is 0 Å². The molecule has 2 N–H and O–H groups in total. The summed E-state index contributed by atoms with van der Waals surface area (Å²) in [5, 5.41) is 12.5. The highest BCUT2D eigenvalue weighted by molar-refractivity contribution is 5.85. The molecule has 1 aliphatic carbocycles. The van der Waals surface area contributed by atoms with Crippen LogP contribution in [0, 0.1) is 11.8 Å². The summed E-state index contributed by atoms with van der Waals surface area (Å²) in [7, 11) is 0. The van der Waals surface area contributed by atoms with E-state index in [0.717, 1.165) is 37.8 Å². The second kappa shape index (κ2) is 3.07. The molecule has 0 radical (unpaired) electrons. The Labute approximate surface area is 67.4 Å². The maximum atomic E-state index is 9.21. The van der Waals surface area contributed by atoms with Crippen LogP contribution >= 0.6 is 12.4 Å². The van der Waals surface area contributed by atoms with Crippen molar-refractivity contribution in [2.45, 2.75) is 18.9 Å². The molecule has 1 saturated carbocycles. The normalized spacial score (nSPS) is 39.3. The first-order chi connectivity index (χ1) is 4.36. The summed E-state index contributed by atoms with van der Waals surface area (Å²) in [6, 6.07) is 0. The summed E-state index contributed by atoms with van der Waals surface area (Å²) in [5.74, 6) is 1.58. The monoisotopic (exact) mass is 163 g/mol. The third-order valence-corrected chi connectivity index (χ3v) is 2.63. The van der Waals surface area contributed by atoms with Crippen LogP contribution in [0.3, 0.4) is 0 Å². The van der Waals surface area contributed by atoms with Gasteiger partial charge in [0.15, 0.2) is 0 Å². The van der Waals surface area contributed by atoms with Crippen molar-refractivity contribution in [1.29, 1.82) is 0 Å². The molecule has 3 heteroatoms. The molecule has 1 heterocycles. The average Bonchev–Trinajstić information content (AvgIpc) is 2.22. The molecule has 0 aromatic carbocycles. The molecule has 2 aliphatic rings. The van der Waals surface area contributed by atoms with E-state index in [9.17, 15) is 5.11 Å². The van der Waals surface area contributed by atoms with Crippen molar-refractivity contribution in [3.63, 3.8) is 0 Å². The van der Waals surface area contributed by atoms with Gasteiger partial charge in [-0.3, -0.25) is 0 Å². The standard InChI is InChI=1S/C7H13NO.ClH/c9-7-1-5-3-8-4-6(5)2-7;/h5-9H,1-4H2;1H/t5-,6-;/m0./s1. The molecule has 2 nitrogen and oxygen atoms in total. The van der Waals surface area contributed by atoms with Crippen LogP contribution in [0.4, 0.5) is 0 Å². The van der Waals surface area contributed by atoms with E-state index in [1.165, 1.54) is 0 Å². The van der Waals surface area contributed by atoms with E-state index < -0.39 is 0 Å². The molecule has 0 amide bonds. The van der Waals surface area contributed by atoms with E-state index in [4.69, 9.17) is 0 Å². The van der Waals surface area contributed by atoms with Crippen LogP contribution in [0.1, 0.15) is 12.8 Å². The Morgan fingerprint density at radius 1 is 1.10 bits per heavy atom. The summed E-state index contributed by atoms with van der Waals surface area (Å²) >= 11 is 0. The summed E-state index contributed by atoms with van der Waals surface area (Å²) in [6.07, 6.45) is 2.09. The first-order valence-corrected chi connectivity index (χ1v) is 3.75. The van der Waals surface area contributed by atoms with Gasteiger partial charge in [0.2, 0.25) is 0 Å². The van der Waals surface area contributed by atoms with Crippen LogP contribution in [0.5, 0.6) is 0 Å². The molecule has 0 spiro atoms. The van der Waals surface area contributed by atoms with Crippen molar-refractivity contribution in [2.24, 2.45) is 11.8 Å². The van der Waals surface area contributed by atoms with Gasteiger partial charge in [-0.15, -0.1) is 12.4 Å². The highest BCUT2D eigenvalue weighted by atomic mass is 35.5. The van der Waals surface area contributed by atoms with E-state index in [1.54, 1.807) is 0 Å². The number of rotatable bonds is 0. The zero-order chi connectivity index (χ0) is 6.27. The fourth-order valence-electron chi connectivity index (χ4n) is 2.13. The van der Waals surface area contributed by atoms with Crippen molar-refractivity contribution in [1.82, 2.24) is 5.32 Å². The number of hydrogen-bond acceptors (Lipinski definition) is 2. The van der Waals surface area contributed by atoms with Crippen LogP contribution in [0.25, 0.3) is 0 Å². The predicted molar refractivity (Wildman–Crippen MR) is 42.3 cm³/mol. The summed E-state index contributed by atoms with van der Waals surface area (Å²) in [6.45, 7) is 2.28. The summed E-state index contributed by atoms with van der Waals surface area (Å²) in [5.41, 5.74) is 0. The van der Waals surface area contributed by atoms with Gasteiger partial charge in [0.25, 0.3) is 0 Å². The number of aliphatic hydroxyl groups is 1. The van der Waals surface area contributed by atoms with Crippen molar-refractivity contribution in [2.75, 3.05) is 13.1 Å². The third kappa shape index (κ3) is 1.29. The number of nitrogens with one attached hydrogen (secondary N) is 1. The molecule has 2 atom stereocenters. The molecular weight excluding hydrogens is 150 g/mol. The average molecular weight is 164 g/mol. The van der Waals surface area contributed by atoms with Crippen molar-refractivity contribution in [3.05, 3.63) is 0 Å². The van der Waals surface area contributed by atoms with Gasteiger partial charge in [-0.05, 0) is 37.8 Å². The second-order valence-corrected chi connectivity index (χ2v) is 3.30. The molecule has 1 saturated heterocycles. The van der Waals surface area contributed by atoms with Crippen LogP contribution in [-0.4, -0.2) is 24.3 Å². The highest BCUT2D eigenvalue weighted by Gasteiger charge is 2.35. The molecule has 0 aromatic heterocycles. The number of hydrogen-bond donors (Lipinski definition) is 2. The largest absolute Gasteiger partial charge is 0.393 e. The molecule has 2 fully saturated rings. The number of fused-ring (bicyclic) bond motifs is 1. The van der Waals surface area contributed by atoms with Gasteiger partial charge in [-0.2, -0.15) is 0 Å². The fourth-order valence-corrected chi connectivity index (χ4v) is 2.13. The quantitative estimate of drug-likeness (QED) is 0.542. The minimum absolute atomic E-state index is 0. The predicted octanol–water partition coefficient (Wildman–Crippen LogP) is 0.398. The Hall–Kier alpha value is 0.210. The smallest absolute Gasteiger partial charge is 0.0546 e. The Kier molecular flexibility index (Phi) is 2.55. The molecule has 60 valence electrons. The maximum absolute atomic E-state index is 9.21. The lowest BCUT2D eigenvalue weighted by molar-refractivity contribution is 0.173. The van der Waals surface area contributed by atoms with Crippen LogP contribution < -0.4 is 5.32 Å². The summed E-state index contributed by atoms with van der Waals surface area (Å²) < 4.78 is 0. The molecule has 0 aromatic rings. The first-order valence-electron chi connectivity index (χ1n) is 3.75. The molecular formula is C7H14ClNO. The molecule has 0 unspecified atom stereocenters. The van der Waals surface area contributed by atoms with Crippen LogP contribution in [-0.2, 0) is 0 Å². The SMILES string of the molecule is Cl.OC1C[C@H]2CNC[C@@H]2C1. The minimum Gasteiger partial charge on any atom is -0.393 e. The lowest BCUT2D eigenvalue weighted by Crippen LogP contribution is -2.13. The Morgan fingerprint density at radius 3 is 2.10 bits per heavy atom. The van der Waals surface area contributed by atoms with Gasteiger partial charge in [0.05, 0.1) is 6.10 Å². The van der Waals surface area contributed by atoms with Crippen LogP contribution in [0.15, 0.2) is 0 Å². The fraction of sp³-hybridized carbons (Fsp3) is 1.00. The van der Waals surface area contributed by atoms with Gasteiger partial charge in [0.1, 0.15) is 0 Å². The number of aliphatic hydroxyl groups excluding tert-OH is 1. The van der Waals surface area contributed by atoms with E-state index >= 15 is 0 Å². The van der Waals surface area contributed by atoms with Crippen molar-refractivity contribution < 1.29 is 5.11 Å². The Balaban J connectivity index is 0.000000500. The van der Waals surface area contributed by atoms with Crippen molar-refractivity contribution >= 4 is 12.4 Å². The van der Waals surface area contributed by atoms with Gasteiger partial charge < -0.3 is 10.4 Å². The van der Waals surface area contributed by atoms with Crippen LogP contribution in [0.2, 0.25) is 0 Å². The maximum Gasteiger partial charge on any atom is 0.0546 e. The minimum atomic E-state index is 0. The highest BCUT2D eigenvalue weighted by Crippen LogP contribution is 2.33. The molecule has 2 rings (SSSR count). The topological polar surface area (TPSA) is 32.3 Å². The first kappa shape index (κ1) is 8.31. The molecule has 10 heavy (non-hydrogen) atoms. The lowest BCUT2D eigenvalue weighted by Gasteiger charge is -2.02. The van der Waals surface area contributed by atoms with E-state index in [2.05, 4.69) is 5.32 Å². The second-order valence-electron chi connectivity index (χ2n) is 3.30. The number of halogens is 1. The Morgan fingerprint density at radius 2 is 1.60 bits per heavy atom.